The van der Waals surface area contributed by atoms with Crippen molar-refractivity contribution in [2.24, 2.45) is 5.73 Å². The lowest BCUT2D eigenvalue weighted by Gasteiger charge is -2.13. The van der Waals surface area contributed by atoms with Crippen molar-refractivity contribution in [1.82, 2.24) is 0 Å². The molecular weight excluding hydrogens is 336 g/mol. The lowest BCUT2D eigenvalue weighted by Crippen LogP contribution is -2.36. The second-order valence-electron chi connectivity index (χ2n) is 3.96. The molecule has 0 aliphatic heterocycles. The van der Waals surface area contributed by atoms with Crippen molar-refractivity contribution < 1.29 is 4.79 Å². The number of hydrogen-bond donors (Lipinski definition) is 2. The fourth-order valence-corrected chi connectivity index (χ4v) is 2.55. The van der Waals surface area contributed by atoms with Crippen LogP contribution in [-0.2, 0) is 4.79 Å². The van der Waals surface area contributed by atoms with Gasteiger partial charge in [-0.05, 0) is 59.0 Å². The van der Waals surface area contributed by atoms with Gasteiger partial charge in [-0.15, -0.1) is 0 Å². The summed E-state index contributed by atoms with van der Waals surface area (Å²) in [5, 5.41) is 3.40. The molecule has 3 N–H and O–H groups in total. The minimum Gasteiger partial charge on any atom is -0.324 e. The number of amides is 1. The van der Waals surface area contributed by atoms with Crippen LogP contribution in [0.1, 0.15) is 12.0 Å². The van der Waals surface area contributed by atoms with Crippen LogP contribution in [-0.4, -0.2) is 24.0 Å². The first-order valence-corrected chi connectivity index (χ1v) is 8.03. The van der Waals surface area contributed by atoms with E-state index in [9.17, 15) is 4.79 Å². The molecule has 0 heterocycles. The maximum atomic E-state index is 11.9. The molecule has 1 atom stereocenters. The topological polar surface area (TPSA) is 55.1 Å². The van der Waals surface area contributed by atoms with Crippen molar-refractivity contribution in [1.29, 1.82) is 0 Å². The number of nitrogens with two attached hydrogens (primary N) is 1. The molecule has 0 spiro atoms. The first-order valence-electron chi connectivity index (χ1n) is 5.46. The summed E-state index contributed by atoms with van der Waals surface area (Å²) in [5.74, 6) is 0.675. The van der Waals surface area contributed by atoms with Crippen molar-refractivity contribution >= 4 is 50.9 Å². The van der Waals surface area contributed by atoms with Crippen LogP contribution in [0.25, 0.3) is 0 Å². The quantitative estimate of drug-likeness (QED) is 0.854. The van der Waals surface area contributed by atoms with Gasteiger partial charge in [-0.3, -0.25) is 4.79 Å². The molecule has 18 heavy (non-hydrogen) atoms. The summed E-state index contributed by atoms with van der Waals surface area (Å²) in [6, 6.07) is 3.09. The summed E-state index contributed by atoms with van der Waals surface area (Å²) < 4.78 is 0.801. The van der Waals surface area contributed by atoms with E-state index in [4.69, 9.17) is 17.3 Å². The number of thioether (sulfide) groups is 1. The van der Waals surface area contributed by atoms with E-state index in [1.54, 1.807) is 17.8 Å². The van der Waals surface area contributed by atoms with Gasteiger partial charge in [0, 0.05) is 9.50 Å². The van der Waals surface area contributed by atoms with Crippen LogP contribution in [0.15, 0.2) is 16.6 Å². The van der Waals surface area contributed by atoms with Gasteiger partial charge in [0.05, 0.1) is 11.7 Å². The number of rotatable bonds is 5. The van der Waals surface area contributed by atoms with E-state index in [2.05, 4.69) is 21.2 Å². The van der Waals surface area contributed by atoms with Crippen LogP contribution in [0.2, 0.25) is 5.02 Å². The van der Waals surface area contributed by atoms with Gasteiger partial charge >= 0.3 is 0 Å². The Balaban J connectivity index is 2.72. The van der Waals surface area contributed by atoms with Crippen LogP contribution in [0, 0.1) is 6.92 Å². The lowest BCUT2D eigenvalue weighted by molar-refractivity contribution is -0.117. The van der Waals surface area contributed by atoms with E-state index in [1.807, 2.05) is 19.2 Å². The molecule has 100 valence electrons. The molecule has 1 aromatic rings. The smallest absolute Gasteiger partial charge is 0.241 e. The van der Waals surface area contributed by atoms with Gasteiger partial charge < -0.3 is 11.1 Å². The van der Waals surface area contributed by atoms with Crippen molar-refractivity contribution in [2.75, 3.05) is 17.3 Å². The summed E-state index contributed by atoms with van der Waals surface area (Å²) in [6.45, 7) is 1.91. The Morgan fingerprint density at radius 2 is 2.28 bits per heavy atom. The number of hydrogen-bond acceptors (Lipinski definition) is 3. The molecule has 3 nitrogen and oxygen atoms in total. The van der Waals surface area contributed by atoms with Gasteiger partial charge in [0.2, 0.25) is 5.91 Å². The van der Waals surface area contributed by atoms with E-state index >= 15 is 0 Å². The lowest BCUT2D eigenvalue weighted by atomic mass is 10.2. The molecule has 0 aliphatic carbocycles. The van der Waals surface area contributed by atoms with Gasteiger partial charge in [-0.1, -0.05) is 11.6 Å². The number of anilines is 1. The first kappa shape index (κ1) is 15.8. The highest BCUT2D eigenvalue weighted by molar-refractivity contribution is 9.10. The largest absolute Gasteiger partial charge is 0.324 e. The number of aryl methyl sites for hydroxylation is 1. The first-order chi connectivity index (χ1) is 8.45. The Bertz CT molecular complexity index is 442. The highest BCUT2D eigenvalue weighted by Gasteiger charge is 2.15. The van der Waals surface area contributed by atoms with Crippen LogP contribution >= 0.6 is 39.3 Å². The minimum absolute atomic E-state index is 0.190. The van der Waals surface area contributed by atoms with Crippen LogP contribution in [0.5, 0.6) is 0 Å². The maximum Gasteiger partial charge on any atom is 0.241 e. The van der Waals surface area contributed by atoms with Gasteiger partial charge in [-0.2, -0.15) is 11.8 Å². The van der Waals surface area contributed by atoms with Gasteiger partial charge in [0.1, 0.15) is 0 Å². The summed E-state index contributed by atoms with van der Waals surface area (Å²) in [4.78, 5) is 11.9. The fraction of sp³-hybridized carbons (Fsp3) is 0.417. The number of carbonyl (C=O) groups excluding carboxylic acids is 1. The van der Waals surface area contributed by atoms with Crippen molar-refractivity contribution in [3.8, 4) is 0 Å². The summed E-state index contributed by atoms with van der Waals surface area (Å²) in [7, 11) is 0. The van der Waals surface area contributed by atoms with E-state index in [1.165, 1.54) is 0 Å². The molecule has 0 saturated carbocycles. The summed E-state index contributed by atoms with van der Waals surface area (Å²) >= 11 is 11.1. The third kappa shape index (κ3) is 4.46. The molecule has 1 aromatic carbocycles. The van der Waals surface area contributed by atoms with Gasteiger partial charge in [-0.25, -0.2) is 0 Å². The molecular formula is C12H16BrClN2OS. The zero-order chi connectivity index (χ0) is 13.7. The number of nitrogens with one attached hydrogen (secondary N) is 1. The van der Waals surface area contributed by atoms with E-state index in [0.29, 0.717) is 17.1 Å². The van der Waals surface area contributed by atoms with Crippen molar-refractivity contribution in [3.05, 3.63) is 27.2 Å². The summed E-state index contributed by atoms with van der Waals surface area (Å²) in [6.07, 6.45) is 2.64. The Labute approximate surface area is 125 Å². The van der Waals surface area contributed by atoms with Crippen molar-refractivity contribution in [3.63, 3.8) is 0 Å². The highest BCUT2D eigenvalue weighted by Crippen LogP contribution is 2.29. The predicted molar refractivity (Wildman–Crippen MR) is 83.5 cm³/mol. The molecule has 6 heteroatoms. The van der Waals surface area contributed by atoms with Crippen LogP contribution < -0.4 is 11.1 Å². The maximum absolute atomic E-state index is 11.9. The van der Waals surface area contributed by atoms with E-state index in [-0.39, 0.29) is 5.91 Å². The van der Waals surface area contributed by atoms with E-state index < -0.39 is 6.04 Å². The monoisotopic (exact) mass is 350 g/mol. The van der Waals surface area contributed by atoms with Gasteiger partial charge in [0.15, 0.2) is 0 Å². The molecule has 1 amide bonds. The molecule has 0 unspecified atom stereocenters. The zero-order valence-electron chi connectivity index (χ0n) is 10.3. The minimum atomic E-state index is -0.496. The fourth-order valence-electron chi connectivity index (χ4n) is 1.34. The normalized spacial score (nSPS) is 12.3. The van der Waals surface area contributed by atoms with Crippen LogP contribution in [0.4, 0.5) is 5.69 Å². The Morgan fingerprint density at radius 3 is 2.89 bits per heavy atom. The Morgan fingerprint density at radius 1 is 1.61 bits per heavy atom. The van der Waals surface area contributed by atoms with E-state index in [0.717, 1.165) is 15.8 Å². The zero-order valence-corrected chi connectivity index (χ0v) is 13.5. The third-order valence-electron chi connectivity index (χ3n) is 2.48. The second-order valence-corrected chi connectivity index (χ2v) is 6.21. The molecule has 0 saturated heterocycles. The molecule has 1 rings (SSSR count). The second kappa shape index (κ2) is 7.38. The number of carbonyl (C=O) groups is 1. The summed E-state index contributed by atoms with van der Waals surface area (Å²) in [5.41, 5.74) is 7.40. The Hall–Kier alpha value is -0.230. The molecule has 0 bridgehead atoms. The SMILES string of the molecule is CSCC[C@@H](N)C(=O)Nc1cc(Cl)c(C)cc1Br. The van der Waals surface area contributed by atoms with Gasteiger partial charge in [0.25, 0.3) is 0 Å². The van der Waals surface area contributed by atoms with Crippen LogP contribution in [0.3, 0.4) is 0 Å². The average molecular weight is 352 g/mol. The predicted octanol–water partition coefficient (Wildman–Crippen LogP) is 3.43. The standard InChI is InChI=1S/C12H16BrClN2OS/c1-7-5-8(13)11(6-9(7)14)16-12(17)10(15)3-4-18-2/h5-6,10H,3-4,15H2,1-2H3,(H,16,17)/t10-/m1/s1. The molecule has 0 aromatic heterocycles. The molecule has 0 fully saturated rings. The third-order valence-corrected chi connectivity index (χ3v) is 4.18. The van der Waals surface area contributed by atoms with Crippen molar-refractivity contribution in [2.45, 2.75) is 19.4 Å². The number of benzene rings is 1. The highest BCUT2D eigenvalue weighted by atomic mass is 79.9. The molecule has 0 aliphatic rings. The Kier molecular flexibility index (Phi) is 6.49. The average Bonchev–Trinajstić information content (AvgIpc) is 2.32. The number of halogens is 2. The molecule has 0 radical (unpaired) electrons.